The lowest BCUT2D eigenvalue weighted by Crippen LogP contribution is -2.48. The number of hydrogen-bond donors (Lipinski definition) is 3. The number of rotatable bonds is 8. The molecule has 13 nitrogen and oxygen atoms in total. The zero-order valence-electron chi connectivity index (χ0n) is 29.4. The molecule has 0 saturated heterocycles. The van der Waals surface area contributed by atoms with Gasteiger partial charge in [-0.15, -0.1) is 0 Å². The molecule has 1 aromatic heterocycles. The number of ether oxygens (including phenoxy) is 2. The summed E-state index contributed by atoms with van der Waals surface area (Å²) in [4.78, 5) is 29.0. The van der Waals surface area contributed by atoms with Gasteiger partial charge in [0.25, 0.3) is 5.91 Å². The number of carbonyl (C=O) groups excluding carboxylic acids is 2. The summed E-state index contributed by atoms with van der Waals surface area (Å²) in [6, 6.07) is 10.4. The van der Waals surface area contributed by atoms with Gasteiger partial charge in [-0.3, -0.25) is 4.79 Å². The minimum Gasteiger partial charge on any atom is -0.490 e. The Kier molecular flexibility index (Phi) is 12.8. The van der Waals surface area contributed by atoms with Gasteiger partial charge < -0.3 is 34.6 Å². The Morgan fingerprint density at radius 2 is 1.82 bits per heavy atom. The molecule has 1 aliphatic heterocycles. The van der Waals surface area contributed by atoms with Gasteiger partial charge >= 0.3 is 6.03 Å². The van der Waals surface area contributed by atoms with E-state index < -0.39 is 34.1 Å². The number of benzene rings is 2. The Morgan fingerprint density at radius 1 is 1.10 bits per heavy atom. The molecule has 2 aromatic carbocycles. The van der Waals surface area contributed by atoms with Gasteiger partial charge in [-0.1, -0.05) is 29.8 Å². The number of carbonyl (C=O) groups is 2. The number of nitrogens with zero attached hydrogens (tertiary/aromatic N) is 3. The van der Waals surface area contributed by atoms with Crippen LogP contribution in [-0.4, -0.2) is 91.4 Å². The molecule has 49 heavy (non-hydrogen) atoms. The fourth-order valence-electron chi connectivity index (χ4n) is 5.64. The summed E-state index contributed by atoms with van der Waals surface area (Å²) in [5, 5.41) is 19.6. The first kappa shape index (κ1) is 37.8. The minimum atomic E-state index is -3.80. The van der Waals surface area contributed by atoms with Crippen molar-refractivity contribution in [2.24, 2.45) is 5.92 Å². The molecule has 268 valence electrons. The van der Waals surface area contributed by atoms with Gasteiger partial charge in [0.2, 0.25) is 10.0 Å². The first-order valence-electron chi connectivity index (χ1n) is 16.6. The smallest absolute Gasteiger partial charge is 0.323 e. The van der Waals surface area contributed by atoms with E-state index >= 15 is 0 Å². The van der Waals surface area contributed by atoms with E-state index in [0.29, 0.717) is 41.6 Å². The molecule has 3 N–H and O–H groups in total. The first-order chi connectivity index (χ1) is 23.2. The molecule has 3 amide bonds. The van der Waals surface area contributed by atoms with E-state index in [1.54, 1.807) is 68.1 Å². The molecule has 2 heterocycles. The second-order valence-electron chi connectivity index (χ2n) is 12.9. The lowest BCUT2D eigenvalue weighted by Gasteiger charge is -2.35. The van der Waals surface area contributed by atoms with Crippen LogP contribution in [0.3, 0.4) is 0 Å². The van der Waals surface area contributed by atoms with E-state index in [1.165, 1.54) is 11.4 Å². The minimum absolute atomic E-state index is 0.0668. The number of sulfonamides is 1. The van der Waals surface area contributed by atoms with Crippen molar-refractivity contribution in [2.75, 3.05) is 44.0 Å². The molecular formula is C35H49N5O8S. The number of aromatic nitrogens is 1. The third-order valence-electron chi connectivity index (χ3n) is 8.75. The van der Waals surface area contributed by atoms with Crippen molar-refractivity contribution >= 4 is 33.3 Å². The predicted molar refractivity (Wildman–Crippen MR) is 186 cm³/mol. The summed E-state index contributed by atoms with van der Waals surface area (Å²) < 4.78 is 46.0. The molecule has 0 fully saturated rings. The number of likely N-dealkylation sites (N-methyl/N-ethyl adjacent to an activating group) is 1. The van der Waals surface area contributed by atoms with Gasteiger partial charge in [0, 0.05) is 38.3 Å². The molecule has 0 radical (unpaired) electrons. The first-order valence-corrected chi connectivity index (χ1v) is 18.0. The van der Waals surface area contributed by atoms with Gasteiger partial charge in [-0.25, -0.2) is 13.2 Å². The highest BCUT2D eigenvalue weighted by atomic mass is 32.2. The van der Waals surface area contributed by atoms with Crippen LogP contribution < -0.4 is 15.4 Å². The summed E-state index contributed by atoms with van der Waals surface area (Å²) in [6.45, 7) is 11.2. The molecule has 0 saturated carbocycles. The van der Waals surface area contributed by atoms with Crippen molar-refractivity contribution in [3.05, 3.63) is 65.0 Å². The maximum absolute atomic E-state index is 14.4. The number of hydrogen-bond acceptors (Lipinski definition) is 9. The number of aliphatic hydroxyl groups excluding tert-OH is 1. The topological polar surface area (TPSA) is 164 Å². The molecule has 4 rings (SSSR count). The second-order valence-corrected chi connectivity index (χ2v) is 14.9. The average Bonchev–Trinajstić information content (AvgIpc) is 3.38. The highest BCUT2D eigenvalue weighted by Gasteiger charge is 2.32. The SMILES string of the molecule is Cc1ccc(S(=O)(=O)N(C)C[C@H]2OCCCC[C@H](C)Oc3ccc(NC(=O)Nc4c(C)noc4C)cc3C(=O)N([C@@H](C)CO)C[C@H]2C)cc1. The maximum Gasteiger partial charge on any atom is 0.323 e. The van der Waals surface area contributed by atoms with E-state index in [4.69, 9.17) is 14.0 Å². The summed E-state index contributed by atoms with van der Waals surface area (Å²) in [7, 11) is -2.27. The number of aliphatic hydroxyl groups is 1. The van der Waals surface area contributed by atoms with Crippen molar-refractivity contribution in [1.82, 2.24) is 14.4 Å². The van der Waals surface area contributed by atoms with Gasteiger partial charge in [-0.2, -0.15) is 4.31 Å². The lowest BCUT2D eigenvalue weighted by molar-refractivity contribution is -0.00833. The van der Waals surface area contributed by atoms with Crippen LogP contribution in [0.4, 0.5) is 16.2 Å². The van der Waals surface area contributed by atoms with Crippen molar-refractivity contribution in [1.29, 1.82) is 0 Å². The van der Waals surface area contributed by atoms with Crippen molar-refractivity contribution in [3.63, 3.8) is 0 Å². The van der Waals surface area contributed by atoms with Crippen molar-refractivity contribution in [3.8, 4) is 5.75 Å². The number of amides is 3. The van der Waals surface area contributed by atoms with Crippen LogP contribution in [0.25, 0.3) is 0 Å². The van der Waals surface area contributed by atoms with Crippen LogP contribution in [-0.2, 0) is 14.8 Å². The fraction of sp³-hybridized carbons (Fsp3) is 0.514. The summed E-state index contributed by atoms with van der Waals surface area (Å²) >= 11 is 0. The molecule has 4 atom stereocenters. The average molecular weight is 700 g/mol. The Hall–Kier alpha value is -3.98. The van der Waals surface area contributed by atoms with Gasteiger partial charge in [-0.05, 0) is 84.2 Å². The molecule has 3 aromatic rings. The summed E-state index contributed by atoms with van der Waals surface area (Å²) in [6.07, 6.45) is 1.42. The summed E-state index contributed by atoms with van der Waals surface area (Å²) in [5.74, 6) is 0.0629. The van der Waals surface area contributed by atoms with Crippen molar-refractivity contribution in [2.45, 2.75) is 84.0 Å². The van der Waals surface area contributed by atoms with Crippen LogP contribution in [0.15, 0.2) is 51.9 Å². The monoisotopic (exact) mass is 699 g/mol. The Bertz CT molecular complexity index is 1670. The molecule has 0 aliphatic carbocycles. The largest absolute Gasteiger partial charge is 0.490 e. The Balaban J connectivity index is 1.63. The molecule has 1 aliphatic rings. The van der Waals surface area contributed by atoms with E-state index in [0.717, 1.165) is 18.4 Å². The standard InChI is InChI=1S/C35H49N5O8S/c1-22-11-14-29(15-12-22)49(44,45)39(7)20-32-23(2)19-40(24(3)21-41)34(42)30-18-28(36-35(43)37-33-26(5)38-48-27(33)6)13-16-31(30)47-25(4)10-8-9-17-46-32/h11-16,18,23-25,32,41H,8-10,17,19-21H2,1-7H3,(H2,36,37,43)/t23-,24+,25+,32-/m1/s1. The van der Waals surface area contributed by atoms with Crippen LogP contribution >= 0.6 is 0 Å². The molecule has 0 bridgehead atoms. The maximum atomic E-state index is 14.4. The zero-order valence-corrected chi connectivity index (χ0v) is 30.2. The lowest BCUT2D eigenvalue weighted by atomic mass is 10.0. The third kappa shape index (κ3) is 9.59. The Morgan fingerprint density at radius 3 is 2.47 bits per heavy atom. The fourth-order valence-corrected chi connectivity index (χ4v) is 6.83. The highest BCUT2D eigenvalue weighted by molar-refractivity contribution is 7.89. The van der Waals surface area contributed by atoms with Gasteiger partial charge in [0.05, 0.1) is 35.3 Å². The van der Waals surface area contributed by atoms with E-state index in [9.17, 15) is 23.1 Å². The van der Waals surface area contributed by atoms with E-state index in [1.807, 2.05) is 20.8 Å². The van der Waals surface area contributed by atoms with E-state index in [-0.39, 0.29) is 42.2 Å². The van der Waals surface area contributed by atoms with E-state index in [2.05, 4.69) is 15.8 Å². The van der Waals surface area contributed by atoms with Crippen LogP contribution in [0.2, 0.25) is 0 Å². The van der Waals surface area contributed by atoms with Gasteiger partial charge in [0.1, 0.15) is 17.1 Å². The van der Waals surface area contributed by atoms with Crippen LogP contribution in [0.5, 0.6) is 5.75 Å². The Labute approximate surface area is 289 Å². The number of nitrogens with one attached hydrogen (secondary N) is 2. The quantitative estimate of drug-likeness (QED) is 0.281. The molecule has 14 heteroatoms. The molecular weight excluding hydrogens is 650 g/mol. The second kappa shape index (κ2) is 16.6. The number of aryl methyl sites for hydroxylation is 3. The van der Waals surface area contributed by atoms with Crippen molar-refractivity contribution < 1.29 is 37.1 Å². The number of urea groups is 1. The normalized spacial score (nSPS) is 20.2. The van der Waals surface area contributed by atoms with Gasteiger partial charge in [0.15, 0.2) is 5.76 Å². The number of anilines is 2. The van der Waals surface area contributed by atoms with Crippen LogP contribution in [0, 0.1) is 26.7 Å². The molecule has 0 spiro atoms. The predicted octanol–water partition coefficient (Wildman–Crippen LogP) is 5.36. The molecule has 0 unspecified atom stereocenters. The zero-order chi connectivity index (χ0) is 35.9. The summed E-state index contributed by atoms with van der Waals surface area (Å²) in [5.41, 5.74) is 2.50. The highest BCUT2D eigenvalue weighted by Crippen LogP contribution is 2.29. The number of fused-ring (bicyclic) bond motifs is 1. The van der Waals surface area contributed by atoms with Crippen LogP contribution in [0.1, 0.15) is 67.4 Å². The third-order valence-corrected chi connectivity index (χ3v) is 10.6.